The van der Waals surface area contributed by atoms with Crippen molar-refractivity contribution in [3.63, 3.8) is 0 Å². The summed E-state index contributed by atoms with van der Waals surface area (Å²) in [5.74, 6) is 2.31. The van der Waals surface area contributed by atoms with Crippen molar-refractivity contribution >= 4 is 30.6 Å². The second-order valence-corrected chi connectivity index (χ2v) is 7.46. The van der Waals surface area contributed by atoms with E-state index < -0.39 is 0 Å². The number of amides is 1. The molecule has 29 heavy (non-hydrogen) atoms. The summed E-state index contributed by atoms with van der Waals surface area (Å²) in [6, 6.07) is 9.75. The molecule has 0 aromatic heterocycles. The summed E-state index contributed by atoms with van der Waals surface area (Å²) in [4.78, 5) is 17.3. The number of fused-ring (bicyclic) bond motifs is 3. The maximum absolute atomic E-state index is 12.8. The Morgan fingerprint density at radius 1 is 1.03 bits per heavy atom. The average Bonchev–Trinajstić information content (AvgIpc) is 2.73. The van der Waals surface area contributed by atoms with Gasteiger partial charge >= 0.3 is 0 Å². The first kappa shape index (κ1) is 19.5. The maximum Gasteiger partial charge on any atom is 0.248 e. The predicted octanol–water partition coefficient (Wildman–Crippen LogP) is 0.614. The molecule has 1 unspecified atom stereocenters. The van der Waals surface area contributed by atoms with E-state index in [1.807, 2.05) is 38.2 Å². The lowest BCUT2D eigenvalue weighted by atomic mass is 9.92. The third-order valence-corrected chi connectivity index (χ3v) is 5.70. The highest BCUT2D eigenvalue weighted by molar-refractivity contribution is 6.35. The smallest absolute Gasteiger partial charge is 0.248 e. The van der Waals surface area contributed by atoms with Crippen LogP contribution in [0.2, 0.25) is 0 Å². The Balaban J connectivity index is 1.53. The second-order valence-electron chi connectivity index (χ2n) is 7.46. The van der Waals surface area contributed by atoms with Crippen LogP contribution < -0.4 is 29.9 Å². The van der Waals surface area contributed by atoms with Gasteiger partial charge in [0.25, 0.3) is 0 Å². The number of methoxy groups -OCH3 is 3. The predicted molar refractivity (Wildman–Crippen MR) is 116 cm³/mol. The molecule has 1 amide bonds. The first-order valence-electron chi connectivity index (χ1n) is 9.73. The van der Waals surface area contributed by atoms with E-state index in [1.54, 1.807) is 21.3 Å². The van der Waals surface area contributed by atoms with Gasteiger partial charge in [0, 0.05) is 32.2 Å². The van der Waals surface area contributed by atoms with Gasteiger partial charge in [-0.05, 0) is 29.2 Å². The first-order valence-corrected chi connectivity index (χ1v) is 9.73. The monoisotopic (exact) mass is 395 g/mol. The van der Waals surface area contributed by atoms with Crippen molar-refractivity contribution in [2.45, 2.75) is 12.6 Å². The van der Waals surface area contributed by atoms with E-state index in [2.05, 4.69) is 15.1 Å². The van der Waals surface area contributed by atoms with Gasteiger partial charge in [-0.15, -0.1) is 0 Å². The molecule has 1 fully saturated rings. The van der Waals surface area contributed by atoms with E-state index in [4.69, 9.17) is 14.2 Å². The summed E-state index contributed by atoms with van der Waals surface area (Å²) >= 11 is 0. The summed E-state index contributed by atoms with van der Waals surface area (Å²) in [6.45, 7) is 3.07. The Bertz CT molecular complexity index is 936. The van der Waals surface area contributed by atoms with Crippen LogP contribution in [0, 0.1) is 0 Å². The Morgan fingerprint density at radius 2 is 1.79 bits per heavy atom. The van der Waals surface area contributed by atoms with Gasteiger partial charge in [-0.2, -0.15) is 0 Å². The van der Waals surface area contributed by atoms with Gasteiger partial charge < -0.3 is 24.4 Å². The molecule has 2 aromatic rings. The molecule has 2 aromatic carbocycles. The highest BCUT2D eigenvalue weighted by atomic mass is 16.5. The van der Waals surface area contributed by atoms with Gasteiger partial charge in [0.2, 0.25) is 5.91 Å². The van der Waals surface area contributed by atoms with E-state index in [9.17, 15) is 4.79 Å². The van der Waals surface area contributed by atoms with Crippen LogP contribution in [0.4, 0.5) is 11.4 Å². The maximum atomic E-state index is 12.8. The van der Waals surface area contributed by atoms with Crippen molar-refractivity contribution in [3.8, 4) is 17.2 Å². The highest BCUT2D eigenvalue weighted by Gasteiger charge is 2.37. The molecular weight excluding hydrogens is 369 g/mol. The number of nitrogens with one attached hydrogen (secondary N) is 1. The van der Waals surface area contributed by atoms with Crippen LogP contribution in [-0.4, -0.2) is 65.7 Å². The molecule has 0 bridgehead atoms. The summed E-state index contributed by atoms with van der Waals surface area (Å²) in [5, 5.41) is 3.07. The van der Waals surface area contributed by atoms with Crippen LogP contribution in [0.1, 0.15) is 5.56 Å². The van der Waals surface area contributed by atoms with Gasteiger partial charge in [-0.25, -0.2) is 0 Å². The SMILES string of the molecule is Bc1cc2c(cc1OC)N1CCN(Cc3ccc(OC)c(OC)c3)CC1C(=O)N2. The Morgan fingerprint density at radius 3 is 2.52 bits per heavy atom. The van der Waals surface area contributed by atoms with Crippen LogP contribution >= 0.6 is 0 Å². The lowest BCUT2D eigenvalue weighted by molar-refractivity contribution is -0.118. The molecule has 1 atom stereocenters. The number of rotatable bonds is 5. The molecule has 0 radical (unpaired) electrons. The molecule has 2 aliphatic rings. The number of nitrogens with zero attached hydrogens (tertiary/aromatic N) is 2. The van der Waals surface area contributed by atoms with Gasteiger partial charge in [-0.1, -0.05) is 6.07 Å². The highest BCUT2D eigenvalue weighted by Crippen LogP contribution is 2.36. The van der Waals surface area contributed by atoms with E-state index in [-0.39, 0.29) is 11.9 Å². The topological polar surface area (TPSA) is 63.3 Å². The fourth-order valence-corrected chi connectivity index (χ4v) is 4.18. The third-order valence-electron chi connectivity index (χ3n) is 5.70. The Kier molecular flexibility index (Phi) is 5.28. The molecule has 2 aliphatic heterocycles. The standard InChI is InChI=1S/C21H26BN3O4/c1-27-18-5-4-13(8-20(18)29-3)11-24-6-7-25-16-10-19(28-2)14(22)9-15(16)23-21(26)17(25)12-24/h4-5,8-10,17H,6-7,11-12,22H2,1-3H3,(H,23,26). The van der Waals surface area contributed by atoms with Crippen LogP contribution in [0.3, 0.4) is 0 Å². The average molecular weight is 395 g/mol. The van der Waals surface area contributed by atoms with Crippen molar-refractivity contribution < 1.29 is 19.0 Å². The van der Waals surface area contributed by atoms with Crippen LogP contribution in [-0.2, 0) is 11.3 Å². The number of hydrogen-bond acceptors (Lipinski definition) is 6. The van der Waals surface area contributed by atoms with E-state index >= 15 is 0 Å². The van der Waals surface area contributed by atoms with Crippen LogP contribution in [0.25, 0.3) is 0 Å². The molecule has 8 heteroatoms. The zero-order chi connectivity index (χ0) is 20.5. The molecular formula is C21H26BN3O4. The number of carbonyl (C=O) groups excluding carboxylic acids is 1. The third kappa shape index (κ3) is 3.60. The normalized spacial score (nSPS) is 18.5. The molecule has 2 heterocycles. The number of piperazine rings is 1. The molecule has 0 aliphatic carbocycles. The number of anilines is 2. The molecule has 0 saturated carbocycles. The fraction of sp³-hybridized carbons (Fsp3) is 0.381. The lowest BCUT2D eigenvalue weighted by Gasteiger charge is -2.45. The van der Waals surface area contributed by atoms with Crippen molar-refractivity contribution in [1.82, 2.24) is 4.90 Å². The molecule has 1 saturated heterocycles. The zero-order valence-electron chi connectivity index (χ0n) is 17.3. The number of benzene rings is 2. The van der Waals surface area contributed by atoms with Gasteiger partial charge in [-0.3, -0.25) is 9.69 Å². The molecule has 152 valence electrons. The fourth-order valence-electron chi connectivity index (χ4n) is 4.18. The molecule has 0 spiro atoms. The quantitative estimate of drug-likeness (QED) is 0.749. The summed E-state index contributed by atoms with van der Waals surface area (Å²) in [7, 11) is 6.93. The minimum absolute atomic E-state index is 0.0408. The largest absolute Gasteiger partial charge is 0.497 e. The number of carbonyl (C=O) groups is 1. The van der Waals surface area contributed by atoms with E-state index in [1.165, 1.54) is 0 Å². The number of ether oxygens (including phenoxy) is 3. The van der Waals surface area contributed by atoms with Crippen molar-refractivity contribution in [2.75, 3.05) is 51.2 Å². The van der Waals surface area contributed by atoms with Crippen molar-refractivity contribution in [3.05, 3.63) is 35.9 Å². The lowest BCUT2D eigenvalue weighted by Crippen LogP contribution is -2.59. The Hall–Kier alpha value is -2.87. The molecule has 1 N–H and O–H groups in total. The molecule has 4 rings (SSSR count). The first-order chi connectivity index (χ1) is 14.0. The minimum atomic E-state index is -0.219. The zero-order valence-corrected chi connectivity index (χ0v) is 17.3. The van der Waals surface area contributed by atoms with Crippen LogP contribution in [0.15, 0.2) is 30.3 Å². The number of hydrogen-bond donors (Lipinski definition) is 1. The van der Waals surface area contributed by atoms with Gasteiger partial charge in [0.05, 0.1) is 32.7 Å². The second kappa shape index (κ2) is 7.87. The van der Waals surface area contributed by atoms with E-state index in [0.717, 1.165) is 53.5 Å². The minimum Gasteiger partial charge on any atom is -0.497 e. The summed E-state index contributed by atoms with van der Waals surface area (Å²) in [5.41, 5.74) is 4.03. The van der Waals surface area contributed by atoms with Crippen LogP contribution in [0.5, 0.6) is 17.2 Å². The van der Waals surface area contributed by atoms with Crippen molar-refractivity contribution in [2.24, 2.45) is 0 Å². The Labute approximate surface area is 171 Å². The van der Waals surface area contributed by atoms with Crippen molar-refractivity contribution in [1.29, 1.82) is 0 Å². The van der Waals surface area contributed by atoms with Gasteiger partial charge in [0.15, 0.2) is 11.5 Å². The summed E-state index contributed by atoms with van der Waals surface area (Å²) < 4.78 is 16.2. The molecule has 7 nitrogen and oxygen atoms in total. The van der Waals surface area contributed by atoms with E-state index in [0.29, 0.717) is 12.3 Å². The van der Waals surface area contributed by atoms with Gasteiger partial charge in [0.1, 0.15) is 19.6 Å². The summed E-state index contributed by atoms with van der Waals surface area (Å²) in [6.07, 6.45) is 0.